The second kappa shape index (κ2) is 8.35. The van der Waals surface area contributed by atoms with Crippen molar-refractivity contribution in [1.82, 2.24) is 14.9 Å². The number of aryl methyl sites for hydroxylation is 1. The third kappa shape index (κ3) is 4.44. The Balaban J connectivity index is 1.56. The number of aromatic nitrogens is 2. The van der Waals surface area contributed by atoms with Crippen molar-refractivity contribution in [1.29, 1.82) is 0 Å². The lowest BCUT2D eigenvalue weighted by Gasteiger charge is -2.19. The van der Waals surface area contributed by atoms with Crippen molar-refractivity contribution in [3.63, 3.8) is 0 Å². The summed E-state index contributed by atoms with van der Waals surface area (Å²) < 4.78 is 1.42. The molecule has 3 aromatic rings. The Bertz CT molecular complexity index is 1040. The number of fused-ring (bicyclic) bond motifs is 1. The number of carbonyl (C=O) groups is 1. The molecule has 2 aromatic carbocycles. The molecule has 7 heteroatoms. The van der Waals surface area contributed by atoms with Crippen LogP contribution in [-0.4, -0.2) is 35.6 Å². The van der Waals surface area contributed by atoms with Gasteiger partial charge in [0.2, 0.25) is 5.91 Å². The topological polar surface area (TPSA) is 87.2 Å². The molecule has 0 aliphatic rings. The normalized spacial score (nSPS) is 10.7. The summed E-state index contributed by atoms with van der Waals surface area (Å²) in [6.45, 7) is 1.39. The molecule has 0 spiro atoms. The van der Waals surface area contributed by atoms with Gasteiger partial charge in [-0.25, -0.2) is 4.79 Å². The fraction of sp³-hybridized carbons (Fsp3) is 0.250. The van der Waals surface area contributed by atoms with E-state index in [0.29, 0.717) is 24.0 Å². The molecule has 0 saturated carbocycles. The van der Waals surface area contributed by atoms with E-state index in [1.54, 1.807) is 24.3 Å². The molecule has 0 fully saturated rings. The molecule has 2 N–H and O–H groups in total. The van der Waals surface area contributed by atoms with Crippen LogP contribution in [0.3, 0.4) is 0 Å². The van der Waals surface area contributed by atoms with Gasteiger partial charge in [0.25, 0.3) is 5.56 Å². The molecule has 0 saturated heterocycles. The quantitative estimate of drug-likeness (QED) is 0.660. The molecule has 3 rings (SSSR count). The number of anilines is 1. The minimum atomic E-state index is -0.504. The maximum Gasteiger partial charge on any atom is 0.328 e. The first-order valence-electron chi connectivity index (χ1n) is 8.81. The maximum absolute atomic E-state index is 12.1. The van der Waals surface area contributed by atoms with E-state index in [1.165, 1.54) is 4.57 Å². The van der Waals surface area contributed by atoms with Gasteiger partial charge in [-0.3, -0.25) is 19.1 Å². The highest BCUT2D eigenvalue weighted by Gasteiger charge is 2.09. The molecule has 140 valence electrons. The lowest BCUT2D eigenvalue weighted by atomic mass is 10.2. The lowest BCUT2D eigenvalue weighted by molar-refractivity contribution is -0.121. The van der Waals surface area contributed by atoms with Crippen LogP contribution in [-0.2, 0) is 11.3 Å². The van der Waals surface area contributed by atoms with E-state index in [9.17, 15) is 14.4 Å². The van der Waals surface area contributed by atoms with Gasteiger partial charge in [0.05, 0.1) is 10.9 Å². The number of aromatic amines is 1. The molecular formula is C20H22N4O3. The Hall–Kier alpha value is -3.35. The number of nitrogens with zero attached hydrogens (tertiary/aromatic N) is 2. The first-order valence-corrected chi connectivity index (χ1v) is 8.81. The standard InChI is InChI=1S/C20H22N4O3/c1-23(15-7-3-2-4-8-15)14-12-21-18(25)11-13-24-17-10-6-5-9-16(17)19(26)22-20(24)27/h2-10H,11-14H2,1H3,(H,21,25)(H,22,26,27). The van der Waals surface area contributed by atoms with E-state index in [0.717, 1.165) is 5.69 Å². The van der Waals surface area contributed by atoms with E-state index in [4.69, 9.17) is 0 Å². The van der Waals surface area contributed by atoms with Gasteiger partial charge >= 0.3 is 5.69 Å². The van der Waals surface area contributed by atoms with Gasteiger partial charge in [0.1, 0.15) is 0 Å². The molecule has 0 unspecified atom stereocenters. The van der Waals surface area contributed by atoms with E-state index < -0.39 is 11.2 Å². The van der Waals surface area contributed by atoms with Crippen LogP contribution in [0, 0.1) is 0 Å². The number of rotatable bonds is 7. The highest BCUT2D eigenvalue weighted by molar-refractivity contribution is 5.78. The zero-order valence-corrected chi connectivity index (χ0v) is 15.1. The van der Waals surface area contributed by atoms with Crippen LogP contribution in [0.15, 0.2) is 64.2 Å². The van der Waals surface area contributed by atoms with Crippen LogP contribution < -0.4 is 21.5 Å². The summed E-state index contributed by atoms with van der Waals surface area (Å²) in [7, 11) is 1.97. The smallest absolute Gasteiger partial charge is 0.328 e. The molecule has 7 nitrogen and oxygen atoms in total. The predicted octanol–water partition coefficient (Wildman–Crippen LogP) is 1.33. The van der Waals surface area contributed by atoms with E-state index >= 15 is 0 Å². The van der Waals surface area contributed by atoms with Crippen LogP contribution in [0.2, 0.25) is 0 Å². The predicted molar refractivity (Wildman–Crippen MR) is 106 cm³/mol. The van der Waals surface area contributed by atoms with Crippen molar-refractivity contribution in [3.05, 3.63) is 75.4 Å². The number of hydrogen-bond acceptors (Lipinski definition) is 4. The van der Waals surface area contributed by atoms with Gasteiger partial charge in [-0.15, -0.1) is 0 Å². The molecule has 0 aliphatic carbocycles. The highest BCUT2D eigenvalue weighted by Crippen LogP contribution is 2.10. The molecular weight excluding hydrogens is 344 g/mol. The number of amides is 1. The zero-order valence-electron chi connectivity index (χ0n) is 15.1. The van der Waals surface area contributed by atoms with Gasteiger partial charge in [0, 0.05) is 38.8 Å². The largest absolute Gasteiger partial charge is 0.373 e. The Morgan fingerprint density at radius 3 is 2.56 bits per heavy atom. The molecule has 0 bridgehead atoms. The zero-order chi connectivity index (χ0) is 19.2. The third-order valence-electron chi connectivity index (χ3n) is 4.43. The summed E-state index contributed by atoms with van der Waals surface area (Å²) in [6, 6.07) is 16.8. The van der Waals surface area contributed by atoms with E-state index in [-0.39, 0.29) is 18.9 Å². The average molecular weight is 366 g/mol. The van der Waals surface area contributed by atoms with Crippen LogP contribution in [0.1, 0.15) is 6.42 Å². The number of carbonyl (C=O) groups excluding carboxylic acids is 1. The number of hydrogen-bond donors (Lipinski definition) is 2. The number of benzene rings is 2. The first-order chi connectivity index (χ1) is 13.1. The fourth-order valence-electron chi connectivity index (χ4n) is 2.94. The van der Waals surface area contributed by atoms with Crippen molar-refractivity contribution in [2.75, 3.05) is 25.0 Å². The second-order valence-corrected chi connectivity index (χ2v) is 6.29. The average Bonchev–Trinajstić information content (AvgIpc) is 2.68. The summed E-state index contributed by atoms with van der Waals surface area (Å²) >= 11 is 0. The van der Waals surface area contributed by atoms with Crippen LogP contribution in [0.5, 0.6) is 0 Å². The van der Waals surface area contributed by atoms with Crippen LogP contribution in [0.25, 0.3) is 10.9 Å². The van der Waals surface area contributed by atoms with Gasteiger partial charge in [0.15, 0.2) is 0 Å². The Morgan fingerprint density at radius 2 is 1.78 bits per heavy atom. The third-order valence-corrected chi connectivity index (χ3v) is 4.43. The number of H-pyrrole nitrogens is 1. The van der Waals surface area contributed by atoms with Gasteiger partial charge in [-0.05, 0) is 24.3 Å². The molecule has 0 atom stereocenters. The molecule has 1 aromatic heterocycles. The summed E-state index contributed by atoms with van der Waals surface area (Å²) in [5, 5.41) is 3.30. The fourth-order valence-corrected chi connectivity index (χ4v) is 2.94. The Morgan fingerprint density at radius 1 is 1.07 bits per heavy atom. The number of nitrogens with one attached hydrogen (secondary N) is 2. The molecule has 1 heterocycles. The van der Waals surface area contributed by atoms with Crippen molar-refractivity contribution in [2.45, 2.75) is 13.0 Å². The van der Waals surface area contributed by atoms with Crippen molar-refractivity contribution < 1.29 is 4.79 Å². The van der Waals surface area contributed by atoms with E-state index in [2.05, 4.69) is 15.2 Å². The van der Waals surface area contributed by atoms with Crippen molar-refractivity contribution in [2.24, 2.45) is 0 Å². The molecule has 1 amide bonds. The molecule has 0 aliphatic heterocycles. The summed E-state index contributed by atoms with van der Waals surface area (Å²) in [4.78, 5) is 40.4. The van der Waals surface area contributed by atoms with Gasteiger partial charge in [-0.2, -0.15) is 0 Å². The van der Waals surface area contributed by atoms with Crippen molar-refractivity contribution in [3.8, 4) is 0 Å². The molecule has 27 heavy (non-hydrogen) atoms. The lowest BCUT2D eigenvalue weighted by Crippen LogP contribution is -2.35. The summed E-state index contributed by atoms with van der Waals surface area (Å²) in [5.41, 5.74) is 0.691. The van der Waals surface area contributed by atoms with Crippen LogP contribution in [0.4, 0.5) is 5.69 Å². The number of likely N-dealkylation sites (N-methyl/N-ethyl adjacent to an activating group) is 1. The van der Waals surface area contributed by atoms with Gasteiger partial charge in [-0.1, -0.05) is 30.3 Å². The monoisotopic (exact) mass is 366 g/mol. The summed E-state index contributed by atoms with van der Waals surface area (Å²) in [6.07, 6.45) is 0.158. The van der Waals surface area contributed by atoms with E-state index in [1.807, 2.05) is 37.4 Å². The number of para-hydroxylation sites is 2. The minimum absolute atomic E-state index is 0.140. The van der Waals surface area contributed by atoms with Gasteiger partial charge < -0.3 is 10.2 Å². The Kier molecular flexibility index (Phi) is 5.71. The maximum atomic E-state index is 12.1. The SMILES string of the molecule is CN(CCNC(=O)CCn1c(=O)[nH]c(=O)c2ccccc21)c1ccccc1. The minimum Gasteiger partial charge on any atom is -0.373 e. The first kappa shape index (κ1) is 18.4. The Labute approximate surface area is 156 Å². The molecule has 0 radical (unpaired) electrons. The van der Waals surface area contributed by atoms with Crippen molar-refractivity contribution >= 4 is 22.5 Å². The highest BCUT2D eigenvalue weighted by atomic mass is 16.2. The second-order valence-electron chi connectivity index (χ2n) is 6.29. The van der Waals surface area contributed by atoms with Crippen LogP contribution >= 0.6 is 0 Å². The summed E-state index contributed by atoms with van der Waals surface area (Å²) in [5.74, 6) is -0.140.